The van der Waals surface area contributed by atoms with Crippen LogP contribution in [0.15, 0.2) is 23.1 Å². The van der Waals surface area contributed by atoms with Crippen LogP contribution in [0.2, 0.25) is 5.31 Å². The van der Waals surface area contributed by atoms with Crippen LogP contribution >= 0.6 is 0 Å². The molecule has 0 heterocycles. The van der Waals surface area contributed by atoms with Crippen molar-refractivity contribution >= 4 is 6.71 Å². The van der Waals surface area contributed by atoms with Gasteiger partial charge < -0.3 is 0 Å². The predicted octanol–water partition coefficient (Wildman–Crippen LogP) is 3.57. The Hall–Kier alpha value is 0.142. The molecule has 0 amide bonds. The van der Waals surface area contributed by atoms with Gasteiger partial charge in [-0.2, -0.15) is 5.31 Å². The van der Waals surface area contributed by atoms with Crippen LogP contribution in [0.5, 0.6) is 0 Å². The molecule has 0 radical (unpaired) electrons. The van der Waals surface area contributed by atoms with Gasteiger partial charge in [-0.25, -0.2) is 10.9 Å². The van der Waals surface area contributed by atoms with Gasteiger partial charge in [0, 0.05) is 6.71 Å². The first kappa shape index (κ1) is 20.9. The molecule has 2 heteroatoms. The summed E-state index contributed by atoms with van der Waals surface area (Å²) in [5, 5.41) is 0.405. The average molecular weight is 346 g/mol. The Morgan fingerprint density at radius 1 is 0.808 bits per heavy atom. The van der Waals surface area contributed by atoms with Gasteiger partial charge in [-0.1, -0.05) is 74.1 Å². The average Bonchev–Trinajstić information content (AvgIpc) is 2.48. The minimum Gasteiger partial charge on any atom is -0.230 e. The Bertz CT molecular complexity index is 598. The number of hydrogen-bond donors (Lipinski definition) is 0. The molecule has 0 aromatic carbocycles. The Labute approximate surface area is 175 Å². The number of rotatable bonds is 2. The molecule has 4 bridgehead atoms. The first-order valence-corrected chi connectivity index (χ1v) is 11.0. The smallest absolute Gasteiger partial charge is 0.230 e. The molecule has 6 aliphatic carbocycles. The van der Waals surface area contributed by atoms with Gasteiger partial charge in [0.2, 0.25) is 0 Å². The third-order valence-electron chi connectivity index (χ3n) is 9.92. The largest absolute Gasteiger partial charge is 1.00 e. The van der Waals surface area contributed by atoms with Gasteiger partial charge in [0.1, 0.15) is 0 Å². The van der Waals surface area contributed by atoms with Crippen molar-refractivity contribution < 1.29 is 18.9 Å². The van der Waals surface area contributed by atoms with Crippen molar-refractivity contribution in [3.63, 3.8) is 0 Å². The minimum atomic E-state index is -0.405. The summed E-state index contributed by atoms with van der Waals surface area (Å²) in [5.74, 6) is 5.09. The van der Waals surface area contributed by atoms with E-state index >= 15 is 0 Å². The molecule has 6 atom stereocenters. The number of fused-ring (bicyclic) bond motifs is 2. The van der Waals surface area contributed by atoms with E-state index in [-0.39, 0.29) is 18.9 Å². The summed E-state index contributed by atoms with van der Waals surface area (Å²) < 4.78 is 0. The first-order chi connectivity index (χ1) is 11.4. The molecule has 2 fully saturated rings. The van der Waals surface area contributed by atoms with Crippen molar-refractivity contribution in [1.29, 1.82) is 0 Å². The summed E-state index contributed by atoms with van der Waals surface area (Å²) in [6.07, 6.45) is 8.44. The molecule has 0 aromatic heterocycles. The van der Waals surface area contributed by atoms with Crippen molar-refractivity contribution in [2.24, 2.45) is 46.3 Å². The van der Waals surface area contributed by atoms with Crippen LogP contribution in [0.1, 0.15) is 75.2 Å². The zero-order valence-electron chi connectivity index (χ0n) is 19.2. The Balaban J connectivity index is 0.00000196. The summed E-state index contributed by atoms with van der Waals surface area (Å²) in [5.41, 5.74) is 4.85. The molecule has 0 nitrogen and oxygen atoms in total. The van der Waals surface area contributed by atoms with Gasteiger partial charge in [0.15, 0.2) is 0 Å². The summed E-state index contributed by atoms with van der Waals surface area (Å²) in [6, 6.07) is 0. The van der Waals surface area contributed by atoms with E-state index in [1.165, 1.54) is 12.8 Å². The van der Waals surface area contributed by atoms with Crippen LogP contribution in [0.4, 0.5) is 0 Å². The van der Waals surface area contributed by atoms with Crippen molar-refractivity contribution in [3.05, 3.63) is 23.1 Å². The molecular weight excluding hydrogens is 306 g/mol. The van der Waals surface area contributed by atoms with E-state index in [0.29, 0.717) is 16.1 Å². The van der Waals surface area contributed by atoms with E-state index in [2.05, 4.69) is 74.5 Å². The summed E-state index contributed by atoms with van der Waals surface area (Å²) in [6.45, 7) is 22.3. The third-order valence-corrected chi connectivity index (χ3v) is 9.92. The van der Waals surface area contributed by atoms with Gasteiger partial charge in [0.05, 0.1) is 0 Å². The van der Waals surface area contributed by atoms with E-state index in [4.69, 9.17) is 0 Å². The van der Waals surface area contributed by atoms with Gasteiger partial charge in [-0.3, -0.25) is 0 Å². The Morgan fingerprint density at radius 2 is 1.15 bits per heavy atom. The second kappa shape index (κ2) is 6.07. The zero-order chi connectivity index (χ0) is 18.5. The fourth-order valence-corrected chi connectivity index (χ4v) is 7.93. The van der Waals surface area contributed by atoms with Crippen molar-refractivity contribution in [2.75, 3.05) is 0 Å². The van der Waals surface area contributed by atoms with Gasteiger partial charge in [-0.05, 0) is 47.3 Å². The quantitative estimate of drug-likeness (QED) is 0.671. The third kappa shape index (κ3) is 2.63. The molecule has 6 aliphatic rings. The second-order valence-corrected chi connectivity index (χ2v) is 12.7. The van der Waals surface area contributed by atoms with Crippen molar-refractivity contribution in [3.8, 4) is 0 Å². The second-order valence-electron chi connectivity index (χ2n) is 12.7. The minimum absolute atomic E-state index is 0. The maximum atomic E-state index is 2.77. The molecule has 6 unspecified atom stereocenters. The van der Waals surface area contributed by atoms with Crippen molar-refractivity contribution in [2.45, 2.75) is 80.5 Å². The SMILES string of the molecule is CC1C([BH-](C2=CC3CC(C2C)C3(C)C)C(C)(C)C)=CC2CC1C2(C)C.[Li+]. The molecule has 0 N–H and O–H groups in total. The van der Waals surface area contributed by atoms with E-state index in [1.54, 1.807) is 0 Å². The Morgan fingerprint density at radius 3 is 1.38 bits per heavy atom. The van der Waals surface area contributed by atoms with E-state index in [9.17, 15) is 0 Å². The molecule has 0 aliphatic heterocycles. The number of allylic oxidation sites excluding steroid dienone is 4. The molecular formula is C24H40BLi. The van der Waals surface area contributed by atoms with Crippen LogP contribution in [0.3, 0.4) is 0 Å². The molecule has 0 aromatic rings. The van der Waals surface area contributed by atoms with Crippen LogP contribution in [0.25, 0.3) is 0 Å². The number of hydrogen-bond acceptors (Lipinski definition) is 0. The zero-order valence-corrected chi connectivity index (χ0v) is 19.2. The topological polar surface area (TPSA) is 0 Å². The van der Waals surface area contributed by atoms with Crippen LogP contribution < -0.4 is 18.9 Å². The normalized spacial score (nSPS) is 43.1. The molecule has 2 saturated carbocycles. The first-order valence-electron chi connectivity index (χ1n) is 11.0. The fourth-order valence-electron chi connectivity index (χ4n) is 7.93. The van der Waals surface area contributed by atoms with Gasteiger partial charge in [-0.15, -0.1) is 12.2 Å². The van der Waals surface area contributed by atoms with E-state index in [1.807, 2.05) is 10.9 Å². The maximum absolute atomic E-state index is 2.77. The standard InChI is InChI=1S/C24H40B.Li/c1-14-18-10-16(23(18,6)7)12-20(14)25(22(3,4)5)21-13-17-11-19(15(21)2)24(17,8)9;/h12-19,25H,10-11H2,1-9H3;/q-1;+1. The molecule has 140 valence electrons. The van der Waals surface area contributed by atoms with E-state index in [0.717, 1.165) is 35.5 Å². The molecule has 0 spiro atoms. The predicted molar refractivity (Wildman–Crippen MR) is 112 cm³/mol. The van der Waals surface area contributed by atoms with Gasteiger partial charge >= 0.3 is 18.9 Å². The van der Waals surface area contributed by atoms with E-state index < -0.39 is 6.71 Å². The van der Waals surface area contributed by atoms with Crippen LogP contribution in [-0.4, -0.2) is 6.71 Å². The molecule has 26 heavy (non-hydrogen) atoms. The van der Waals surface area contributed by atoms with Crippen LogP contribution in [0, 0.1) is 46.3 Å². The molecule has 6 rings (SSSR count). The monoisotopic (exact) mass is 346 g/mol. The molecule has 0 saturated heterocycles. The Kier molecular flexibility index (Phi) is 4.87. The maximum Gasteiger partial charge on any atom is 1.00 e. The fraction of sp³-hybridized carbons (Fsp3) is 0.833. The summed E-state index contributed by atoms with van der Waals surface area (Å²) in [7, 11) is 0. The van der Waals surface area contributed by atoms with Gasteiger partial charge in [0.25, 0.3) is 0 Å². The van der Waals surface area contributed by atoms with Crippen LogP contribution in [-0.2, 0) is 0 Å². The summed E-state index contributed by atoms with van der Waals surface area (Å²) in [4.78, 5) is 0. The summed E-state index contributed by atoms with van der Waals surface area (Å²) >= 11 is 0. The van der Waals surface area contributed by atoms with Crippen molar-refractivity contribution in [1.82, 2.24) is 0 Å².